The van der Waals surface area contributed by atoms with Crippen molar-refractivity contribution in [1.82, 2.24) is 20.5 Å². The molecule has 6 nitrogen and oxygen atoms in total. The average Bonchev–Trinajstić information content (AvgIpc) is 2.74. The summed E-state index contributed by atoms with van der Waals surface area (Å²) in [4.78, 5) is 11.7. The summed E-state index contributed by atoms with van der Waals surface area (Å²) in [5, 5.41) is 6.98. The zero-order valence-corrected chi connectivity index (χ0v) is 21.2. The highest BCUT2D eigenvalue weighted by Gasteiger charge is 2.20. The van der Waals surface area contributed by atoms with E-state index >= 15 is 0 Å². The second kappa shape index (κ2) is 13.5. The molecule has 0 bridgehead atoms. The van der Waals surface area contributed by atoms with Crippen LogP contribution in [-0.2, 0) is 6.54 Å². The quantitative estimate of drug-likeness (QED) is 0.303. The van der Waals surface area contributed by atoms with Gasteiger partial charge in [-0.05, 0) is 63.4 Å². The minimum atomic E-state index is 0. The largest absolute Gasteiger partial charge is 0.489 e. The van der Waals surface area contributed by atoms with Crippen molar-refractivity contribution in [3.63, 3.8) is 0 Å². The summed E-state index contributed by atoms with van der Waals surface area (Å²) in [6.07, 6.45) is 4.09. The van der Waals surface area contributed by atoms with Gasteiger partial charge in [0.15, 0.2) is 5.96 Å². The zero-order valence-electron chi connectivity index (χ0n) is 18.9. The number of halogens is 1. The first-order valence-corrected chi connectivity index (χ1v) is 11.0. The number of likely N-dealkylation sites (tertiary alicyclic amines) is 1. The molecular weight excluding hydrogens is 501 g/mol. The Morgan fingerprint density at radius 1 is 1.23 bits per heavy atom. The molecule has 1 saturated heterocycles. The molecular formula is C24H36IN5O. The molecule has 0 saturated carbocycles. The van der Waals surface area contributed by atoms with Crippen molar-refractivity contribution in [2.45, 2.75) is 52.3 Å². The molecule has 31 heavy (non-hydrogen) atoms. The Labute approximate surface area is 203 Å². The van der Waals surface area contributed by atoms with Crippen LogP contribution in [0.25, 0.3) is 0 Å². The molecule has 2 heterocycles. The molecule has 0 amide bonds. The van der Waals surface area contributed by atoms with Crippen molar-refractivity contribution in [2.24, 2.45) is 4.99 Å². The summed E-state index contributed by atoms with van der Waals surface area (Å²) in [7, 11) is 0. The van der Waals surface area contributed by atoms with Crippen molar-refractivity contribution in [3.05, 3.63) is 59.9 Å². The third-order valence-corrected chi connectivity index (χ3v) is 5.22. The predicted octanol–water partition coefficient (Wildman–Crippen LogP) is 4.00. The van der Waals surface area contributed by atoms with Crippen LogP contribution in [0, 0.1) is 6.92 Å². The lowest BCUT2D eigenvalue weighted by atomic mass is 10.0. The number of nitrogens with one attached hydrogen (secondary N) is 2. The number of hydrogen-bond donors (Lipinski definition) is 2. The fourth-order valence-corrected chi connectivity index (χ4v) is 3.65. The molecule has 3 rings (SSSR count). The molecule has 1 aromatic heterocycles. The van der Waals surface area contributed by atoms with Crippen LogP contribution in [0.2, 0.25) is 0 Å². The van der Waals surface area contributed by atoms with Gasteiger partial charge in [0.05, 0.1) is 12.2 Å². The number of pyridine rings is 1. The summed E-state index contributed by atoms with van der Waals surface area (Å²) < 4.78 is 6.01. The molecule has 1 aromatic carbocycles. The number of rotatable bonds is 8. The van der Waals surface area contributed by atoms with Gasteiger partial charge in [0.2, 0.25) is 0 Å². The van der Waals surface area contributed by atoms with Crippen LogP contribution in [-0.4, -0.2) is 54.2 Å². The normalized spacial score (nSPS) is 16.3. The number of nitrogens with zero attached hydrogens (tertiary/aromatic N) is 3. The highest BCUT2D eigenvalue weighted by Crippen LogP contribution is 2.15. The molecule has 0 radical (unpaired) electrons. The Morgan fingerprint density at radius 3 is 2.71 bits per heavy atom. The maximum absolute atomic E-state index is 6.01. The van der Waals surface area contributed by atoms with E-state index in [2.05, 4.69) is 65.6 Å². The van der Waals surface area contributed by atoms with E-state index in [-0.39, 0.29) is 30.1 Å². The third kappa shape index (κ3) is 9.03. The van der Waals surface area contributed by atoms with Gasteiger partial charge in [-0.1, -0.05) is 18.2 Å². The predicted molar refractivity (Wildman–Crippen MR) is 138 cm³/mol. The molecule has 1 unspecified atom stereocenters. The number of piperidine rings is 1. The highest BCUT2D eigenvalue weighted by molar-refractivity contribution is 14.0. The lowest BCUT2D eigenvalue weighted by Gasteiger charge is -2.33. The first kappa shape index (κ1) is 25.4. The first-order valence-electron chi connectivity index (χ1n) is 11.0. The van der Waals surface area contributed by atoms with E-state index in [0.29, 0.717) is 12.6 Å². The molecule has 1 aliphatic rings. The monoisotopic (exact) mass is 537 g/mol. The number of aromatic nitrogens is 1. The molecule has 2 N–H and O–H groups in total. The molecule has 0 aliphatic carbocycles. The number of guanidine groups is 1. The van der Waals surface area contributed by atoms with Crippen molar-refractivity contribution in [1.29, 1.82) is 0 Å². The van der Waals surface area contributed by atoms with Gasteiger partial charge in [-0.3, -0.25) is 9.88 Å². The highest BCUT2D eigenvalue weighted by atomic mass is 127. The number of aryl methyl sites for hydroxylation is 1. The Bertz CT molecular complexity index is 794. The smallest absolute Gasteiger partial charge is 0.191 e. The van der Waals surface area contributed by atoms with Gasteiger partial charge >= 0.3 is 0 Å². The summed E-state index contributed by atoms with van der Waals surface area (Å²) in [6, 6.07) is 14.7. The van der Waals surface area contributed by atoms with Crippen LogP contribution in [0.4, 0.5) is 0 Å². The van der Waals surface area contributed by atoms with E-state index in [0.717, 1.165) is 56.4 Å². The summed E-state index contributed by atoms with van der Waals surface area (Å²) >= 11 is 0. The fraction of sp³-hybridized carbons (Fsp3) is 0.500. The van der Waals surface area contributed by atoms with Gasteiger partial charge in [0, 0.05) is 38.4 Å². The number of hydrogen-bond acceptors (Lipinski definition) is 4. The van der Waals surface area contributed by atoms with E-state index in [9.17, 15) is 0 Å². The van der Waals surface area contributed by atoms with Gasteiger partial charge < -0.3 is 15.4 Å². The third-order valence-electron chi connectivity index (χ3n) is 5.22. The molecule has 1 fully saturated rings. The molecule has 1 aliphatic heterocycles. The van der Waals surface area contributed by atoms with Gasteiger partial charge in [0.25, 0.3) is 0 Å². The lowest BCUT2D eigenvalue weighted by Crippen LogP contribution is -2.48. The SMILES string of the molecule is CCNC(=NCC(C)Oc1cccc(C)c1)NC1CCN(Cc2ccccn2)CC1.I. The van der Waals surface area contributed by atoms with E-state index < -0.39 is 0 Å². The van der Waals surface area contributed by atoms with E-state index in [1.165, 1.54) is 5.56 Å². The van der Waals surface area contributed by atoms with Crippen molar-refractivity contribution in [3.8, 4) is 5.75 Å². The first-order chi connectivity index (χ1) is 14.6. The Morgan fingerprint density at radius 2 is 2.03 bits per heavy atom. The van der Waals surface area contributed by atoms with Crippen molar-refractivity contribution >= 4 is 29.9 Å². The van der Waals surface area contributed by atoms with Gasteiger partial charge in [0.1, 0.15) is 11.9 Å². The lowest BCUT2D eigenvalue weighted by molar-refractivity contribution is 0.196. The Kier molecular flexibility index (Phi) is 11.1. The summed E-state index contributed by atoms with van der Waals surface area (Å²) in [6.45, 7) is 10.8. The second-order valence-electron chi connectivity index (χ2n) is 7.98. The molecule has 170 valence electrons. The maximum atomic E-state index is 6.01. The van der Waals surface area contributed by atoms with Crippen LogP contribution in [0.15, 0.2) is 53.7 Å². The van der Waals surface area contributed by atoms with E-state index in [1.54, 1.807) is 0 Å². The van der Waals surface area contributed by atoms with Crippen LogP contribution >= 0.6 is 24.0 Å². The van der Waals surface area contributed by atoms with Crippen molar-refractivity contribution < 1.29 is 4.74 Å². The van der Waals surface area contributed by atoms with E-state index in [1.807, 2.05) is 24.4 Å². The second-order valence-corrected chi connectivity index (χ2v) is 7.98. The van der Waals surface area contributed by atoms with E-state index in [4.69, 9.17) is 9.73 Å². The number of ether oxygens (including phenoxy) is 1. The molecule has 7 heteroatoms. The van der Waals surface area contributed by atoms with Crippen LogP contribution < -0.4 is 15.4 Å². The Hall–Kier alpha value is -1.87. The number of aliphatic imine (C=N–C) groups is 1. The van der Waals surface area contributed by atoms with Crippen LogP contribution in [0.3, 0.4) is 0 Å². The minimum Gasteiger partial charge on any atom is -0.489 e. The standard InChI is InChI=1S/C24H35N5O.HI/c1-4-25-24(27-17-20(3)30-23-10-7-8-19(2)16-23)28-21-11-14-29(15-12-21)18-22-9-5-6-13-26-22;/h5-10,13,16,20-21H,4,11-12,14-15,17-18H2,1-3H3,(H2,25,27,28);1H. The number of benzene rings is 1. The molecule has 1 atom stereocenters. The van der Waals surface area contributed by atoms with Gasteiger partial charge in [-0.25, -0.2) is 4.99 Å². The average molecular weight is 537 g/mol. The fourth-order valence-electron chi connectivity index (χ4n) is 3.65. The van der Waals surface area contributed by atoms with Crippen LogP contribution in [0.5, 0.6) is 5.75 Å². The zero-order chi connectivity index (χ0) is 21.2. The summed E-state index contributed by atoms with van der Waals surface area (Å²) in [5.74, 6) is 1.77. The van der Waals surface area contributed by atoms with Gasteiger partial charge in [-0.2, -0.15) is 0 Å². The summed E-state index contributed by atoms with van der Waals surface area (Å²) in [5.41, 5.74) is 2.34. The minimum absolute atomic E-state index is 0. The molecule has 0 spiro atoms. The van der Waals surface area contributed by atoms with Crippen molar-refractivity contribution in [2.75, 3.05) is 26.2 Å². The molecule has 2 aromatic rings. The van der Waals surface area contributed by atoms with Crippen LogP contribution in [0.1, 0.15) is 37.9 Å². The van der Waals surface area contributed by atoms with Gasteiger partial charge in [-0.15, -0.1) is 24.0 Å². The topological polar surface area (TPSA) is 61.8 Å². The maximum Gasteiger partial charge on any atom is 0.191 e. The Balaban J connectivity index is 0.00000341.